The summed E-state index contributed by atoms with van der Waals surface area (Å²) in [6.45, 7) is 2.92. The third-order valence-electron chi connectivity index (χ3n) is 3.42. The van der Waals surface area contributed by atoms with Gasteiger partial charge in [0.25, 0.3) is 0 Å². The molecule has 1 atom stereocenters. The Morgan fingerprint density at radius 1 is 1.35 bits per heavy atom. The van der Waals surface area contributed by atoms with Gasteiger partial charge in [-0.2, -0.15) is 0 Å². The van der Waals surface area contributed by atoms with Gasteiger partial charge in [-0.3, -0.25) is 4.79 Å². The van der Waals surface area contributed by atoms with Gasteiger partial charge >= 0.3 is 5.97 Å². The van der Waals surface area contributed by atoms with Gasteiger partial charge in [0.15, 0.2) is 9.84 Å². The Bertz CT molecular complexity index is 572. The van der Waals surface area contributed by atoms with Gasteiger partial charge in [0.1, 0.15) is 0 Å². The van der Waals surface area contributed by atoms with Crippen LogP contribution in [0.5, 0.6) is 0 Å². The molecule has 1 N–H and O–H groups in total. The van der Waals surface area contributed by atoms with Crippen LogP contribution >= 0.6 is 0 Å². The number of carbonyl (C=O) groups is 1. The maximum absolute atomic E-state index is 12.3. The number of hydrogen-bond donors (Lipinski definition) is 1. The largest absolute Gasteiger partial charge is 0.481 e. The molecule has 0 radical (unpaired) electrons. The number of hydrogen-bond acceptors (Lipinski definition) is 3. The van der Waals surface area contributed by atoms with Crippen LogP contribution in [0.2, 0.25) is 0 Å². The molecule has 1 heterocycles. The minimum atomic E-state index is -3.53. The standard InChI is InChI=1S/C12H14O4S/c1-12(2,11(13)14)10-7-8-5-3-4-6-9(8)17(10,15)16/h3-6,10H,7H2,1-2H3,(H,13,14). The third kappa shape index (κ3) is 1.65. The molecular formula is C12H14O4S. The maximum Gasteiger partial charge on any atom is 0.310 e. The monoisotopic (exact) mass is 254 g/mol. The van der Waals surface area contributed by atoms with Crippen molar-refractivity contribution in [1.82, 2.24) is 0 Å². The molecule has 0 aromatic heterocycles. The molecule has 5 heteroatoms. The van der Waals surface area contributed by atoms with Crippen molar-refractivity contribution in [3.8, 4) is 0 Å². The van der Waals surface area contributed by atoms with Gasteiger partial charge in [-0.05, 0) is 31.9 Å². The highest BCUT2D eigenvalue weighted by atomic mass is 32.2. The summed E-state index contributed by atoms with van der Waals surface area (Å²) in [7, 11) is -3.53. The van der Waals surface area contributed by atoms with E-state index < -0.39 is 26.5 Å². The first-order valence-electron chi connectivity index (χ1n) is 5.33. The minimum Gasteiger partial charge on any atom is -0.481 e. The molecule has 0 spiro atoms. The van der Waals surface area contributed by atoms with E-state index in [1.807, 2.05) is 0 Å². The molecule has 2 rings (SSSR count). The van der Waals surface area contributed by atoms with Crippen LogP contribution in [-0.4, -0.2) is 24.7 Å². The van der Waals surface area contributed by atoms with Crippen molar-refractivity contribution >= 4 is 15.8 Å². The second-order valence-electron chi connectivity index (χ2n) is 4.87. The zero-order chi connectivity index (χ0) is 12.8. The second kappa shape index (κ2) is 3.57. The number of benzene rings is 1. The summed E-state index contributed by atoms with van der Waals surface area (Å²) in [5.74, 6) is -1.08. The van der Waals surface area contributed by atoms with Crippen molar-refractivity contribution in [2.45, 2.75) is 30.4 Å². The van der Waals surface area contributed by atoms with E-state index >= 15 is 0 Å². The first-order valence-corrected chi connectivity index (χ1v) is 6.88. The zero-order valence-electron chi connectivity index (χ0n) is 9.67. The van der Waals surface area contributed by atoms with Crippen LogP contribution in [0.15, 0.2) is 29.2 Å². The average molecular weight is 254 g/mol. The Balaban J connectivity index is 2.56. The van der Waals surface area contributed by atoms with E-state index in [2.05, 4.69) is 0 Å². The lowest BCUT2D eigenvalue weighted by atomic mass is 9.86. The summed E-state index contributed by atoms with van der Waals surface area (Å²) in [5.41, 5.74) is -0.565. The molecule has 0 aliphatic carbocycles. The van der Waals surface area contributed by atoms with Crippen molar-refractivity contribution in [2.75, 3.05) is 0 Å². The van der Waals surface area contributed by atoms with Crippen LogP contribution in [0.1, 0.15) is 19.4 Å². The summed E-state index contributed by atoms with van der Waals surface area (Å²) in [6, 6.07) is 6.71. The van der Waals surface area contributed by atoms with Gasteiger partial charge in [0.05, 0.1) is 15.6 Å². The third-order valence-corrected chi connectivity index (χ3v) is 5.93. The van der Waals surface area contributed by atoms with Crippen LogP contribution in [0.25, 0.3) is 0 Å². The number of aliphatic carboxylic acids is 1. The average Bonchev–Trinajstić information content (AvgIpc) is 2.52. The lowest BCUT2D eigenvalue weighted by Gasteiger charge is -2.25. The molecule has 1 aliphatic rings. The van der Waals surface area contributed by atoms with E-state index in [-0.39, 0.29) is 11.3 Å². The van der Waals surface area contributed by atoms with Gasteiger partial charge in [-0.25, -0.2) is 8.42 Å². The van der Waals surface area contributed by atoms with Crippen LogP contribution in [0.3, 0.4) is 0 Å². The van der Waals surface area contributed by atoms with Gasteiger partial charge in [-0.15, -0.1) is 0 Å². The topological polar surface area (TPSA) is 71.4 Å². The number of fused-ring (bicyclic) bond motifs is 1. The summed E-state index contributed by atoms with van der Waals surface area (Å²) < 4.78 is 24.5. The normalized spacial score (nSPS) is 22.1. The van der Waals surface area contributed by atoms with E-state index in [1.165, 1.54) is 13.8 Å². The highest BCUT2D eigenvalue weighted by molar-refractivity contribution is 7.92. The SMILES string of the molecule is CC(C)(C(=O)O)C1Cc2ccccc2S1(=O)=O. The molecule has 0 saturated carbocycles. The van der Waals surface area contributed by atoms with Gasteiger partial charge in [-0.1, -0.05) is 18.2 Å². The zero-order valence-corrected chi connectivity index (χ0v) is 10.5. The summed E-state index contributed by atoms with van der Waals surface area (Å²) in [6.07, 6.45) is 0.276. The van der Waals surface area contributed by atoms with E-state index in [0.29, 0.717) is 5.56 Å². The van der Waals surface area contributed by atoms with Gasteiger partial charge in [0, 0.05) is 0 Å². The minimum absolute atomic E-state index is 0.276. The van der Waals surface area contributed by atoms with Crippen molar-refractivity contribution in [1.29, 1.82) is 0 Å². The summed E-state index contributed by atoms with van der Waals surface area (Å²) in [4.78, 5) is 11.5. The predicted molar refractivity (Wildman–Crippen MR) is 62.5 cm³/mol. The highest BCUT2D eigenvalue weighted by Gasteiger charge is 2.49. The fraction of sp³-hybridized carbons (Fsp3) is 0.417. The van der Waals surface area contributed by atoms with E-state index in [1.54, 1.807) is 24.3 Å². The Hall–Kier alpha value is -1.36. The van der Waals surface area contributed by atoms with Gasteiger partial charge in [0.2, 0.25) is 0 Å². The van der Waals surface area contributed by atoms with E-state index in [9.17, 15) is 13.2 Å². The predicted octanol–water partition coefficient (Wildman–Crippen LogP) is 1.50. The fourth-order valence-electron chi connectivity index (χ4n) is 2.19. The van der Waals surface area contributed by atoms with Crippen molar-refractivity contribution in [3.63, 3.8) is 0 Å². The maximum atomic E-state index is 12.3. The second-order valence-corrected chi connectivity index (χ2v) is 6.97. The molecule has 0 amide bonds. The Morgan fingerprint density at radius 2 is 1.94 bits per heavy atom. The van der Waals surface area contributed by atoms with Crippen LogP contribution in [0, 0.1) is 5.41 Å². The quantitative estimate of drug-likeness (QED) is 0.868. The van der Waals surface area contributed by atoms with Crippen LogP contribution in [0.4, 0.5) is 0 Å². The Morgan fingerprint density at radius 3 is 2.47 bits per heavy atom. The number of rotatable bonds is 2. The van der Waals surface area contributed by atoms with Crippen molar-refractivity contribution < 1.29 is 18.3 Å². The Kier molecular flexibility index (Phi) is 2.54. The number of carboxylic acid groups (broad SMARTS) is 1. The molecule has 1 aromatic rings. The molecule has 1 aliphatic heterocycles. The molecule has 17 heavy (non-hydrogen) atoms. The lowest BCUT2D eigenvalue weighted by Crippen LogP contribution is -2.41. The smallest absolute Gasteiger partial charge is 0.310 e. The summed E-state index contributed by atoms with van der Waals surface area (Å²) in [5, 5.41) is 8.26. The Labute approximate surface area is 100 Å². The molecule has 1 unspecified atom stereocenters. The first-order chi connectivity index (χ1) is 7.78. The van der Waals surface area contributed by atoms with Gasteiger partial charge < -0.3 is 5.11 Å². The molecule has 0 saturated heterocycles. The number of carboxylic acids is 1. The molecule has 4 nitrogen and oxygen atoms in total. The van der Waals surface area contributed by atoms with Crippen molar-refractivity contribution in [2.24, 2.45) is 5.41 Å². The van der Waals surface area contributed by atoms with E-state index in [0.717, 1.165) is 0 Å². The first kappa shape index (κ1) is 12.1. The molecule has 0 bridgehead atoms. The highest BCUT2D eigenvalue weighted by Crippen LogP contribution is 2.40. The van der Waals surface area contributed by atoms with Crippen LogP contribution < -0.4 is 0 Å². The van der Waals surface area contributed by atoms with E-state index in [4.69, 9.17) is 5.11 Å². The molecule has 1 aromatic carbocycles. The van der Waals surface area contributed by atoms with Crippen molar-refractivity contribution in [3.05, 3.63) is 29.8 Å². The summed E-state index contributed by atoms with van der Waals surface area (Å²) >= 11 is 0. The number of sulfone groups is 1. The lowest BCUT2D eigenvalue weighted by molar-refractivity contribution is -0.146. The molecule has 92 valence electrons. The van der Waals surface area contributed by atoms with Crippen LogP contribution in [-0.2, 0) is 21.1 Å². The fourth-order valence-corrected chi connectivity index (χ4v) is 4.56. The molecule has 0 fully saturated rings. The molecular weight excluding hydrogens is 240 g/mol.